The molecule has 0 aliphatic heterocycles. The van der Waals surface area contributed by atoms with Gasteiger partial charge in [0.15, 0.2) is 0 Å². The summed E-state index contributed by atoms with van der Waals surface area (Å²) in [6.45, 7) is 2.61. The number of hydrogen-bond acceptors (Lipinski definition) is 5. The van der Waals surface area contributed by atoms with Crippen molar-refractivity contribution >= 4 is 11.5 Å². The molecule has 2 rings (SSSR count). The Labute approximate surface area is 104 Å². The summed E-state index contributed by atoms with van der Waals surface area (Å²) in [6.07, 6.45) is 6.65. The first-order valence-corrected chi connectivity index (χ1v) is 5.48. The van der Waals surface area contributed by atoms with Crippen LogP contribution in [0.1, 0.15) is 6.92 Å². The van der Waals surface area contributed by atoms with Crippen molar-refractivity contribution in [2.24, 2.45) is 0 Å². The lowest BCUT2D eigenvalue weighted by Crippen LogP contribution is -2.22. The molecule has 0 saturated carbocycles. The Balaban J connectivity index is 2.07. The van der Waals surface area contributed by atoms with Gasteiger partial charge in [-0.3, -0.25) is 0 Å². The van der Waals surface area contributed by atoms with E-state index < -0.39 is 4.92 Å². The number of hydrogen-bond donors (Lipinski definition) is 1. The van der Waals surface area contributed by atoms with Gasteiger partial charge in [0.05, 0.1) is 6.33 Å². The van der Waals surface area contributed by atoms with Gasteiger partial charge in [0.2, 0.25) is 0 Å². The molecule has 1 unspecified atom stereocenters. The standard InChI is InChI=1S/C11H13N5O2/c1-9(7-15-6-5-12-8-15)14-10-3-2-4-13-11(10)16(17)18/h2-6,8-9,14H,7H2,1H3. The number of nitro groups is 1. The van der Waals surface area contributed by atoms with E-state index in [-0.39, 0.29) is 11.9 Å². The Morgan fingerprint density at radius 3 is 3.06 bits per heavy atom. The molecule has 1 atom stereocenters. The molecule has 2 heterocycles. The zero-order chi connectivity index (χ0) is 13.0. The van der Waals surface area contributed by atoms with E-state index in [1.165, 1.54) is 6.20 Å². The third-order valence-corrected chi connectivity index (χ3v) is 2.41. The predicted molar refractivity (Wildman–Crippen MR) is 66.2 cm³/mol. The zero-order valence-corrected chi connectivity index (χ0v) is 9.85. The highest BCUT2D eigenvalue weighted by Gasteiger charge is 2.15. The van der Waals surface area contributed by atoms with Crippen LogP contribution >= 0.6 is 0 Å². The molecular formula is C11H13N5O2. The van der Waals surface area contributed by atoms with E-state index in [4.69, 9.17) is 0 Å². The molecule has 0 aliphatic rings. The molecule has 18 heavy (non-hydrogen) atoms. The van der Waals surface area contributed by atoms with Crippen LogP contribution in [0.25, 0.3) is 0 Å². The summed E-state index contributed by atoms with van der Waals surface area (Å²) in [5.74, 6) is -0.157. The lowest BCUT2D eigenvalue weighted by atomic mass is 10.3. The van der Waals surface area contributed by atoms with Gasteiger partial charge in [0, 0.05) is 25.0 Å². The number of anilines is 1. The first kappa shape index (κ1) is 12.0. The van der Waals surface area contributed by atoms with Crippen molar-refractivity contribution in [3.05, 3.63) is 47.2 Å². The number of imidazole rings is 1. The first-order chi connectivity index (χ1) is 8.66. The number of nitrogens with zero attached hydrogens (tertiary/aromatic N) is 4. The van der Waals surface area contributed by atoms with Crippen molar-refractivity contribution in [1.29, 1.82) is 0 Å². The highest BCUT2D eigenvalue weighted by molar-refractivity contribution is 5.56. The molecule has 2 aromatic rings. The normalized spacial score (nSPS) is 12.1. The van der Waals surface area contributed by atoms with Gasteiger partial charge in [-0.1, -0.05) is 0 Å². The fraction of sp³-hybridized carbons (Fsp3) is 0.273. The fourth-order valence-electron chi connectivity index (χ4n) is 1.68. The topological polar surface area (TPSA) is 85.9 Å². The van der Waals surface area contributed by atoms with Gasteiger partial charge in [-0.2, -0.15) is 0 Å². The minimum atomic E-state index is -0.494. The minimum Gasteiger partial charge on any atom is -0.374 e. The van der Waals surface area contributed by atoms with Gasteiger partial charge in [-0.25, -0.2) is 4.98 Å². The van der Waals surface area contributed by atoms with Crippen LogP contribution in [0.5, 0.6) is 0 Å². The van der Waals surface area contributed by atoms with Crippen LogP contribution in [0.4, 0.5) is 11.5 Å². The molecule has 0 radical (unpaired) electrons. The second-order valence-electron chi connectivity index (χ2n) is 3.94. The number of pyridine rings is 1. The van der Waals surface area contributed by atoms with Crippen LogP contribution in [0, 0.1) is 10.1 Å². The van der Waals surface area contributed by atoms with E-state index in [9.17, 15) is 10.1 Å². The number of aromatic nitrogens is 3. The van der Waals surface area contributed by atoms with Crippen molar-refractivity contribution in [3.8, 4) is 0 Å². The van der Waals surface area contributed by atoms with Gasteiger partial charge in [0.1, 0.15) is 11.9 Å². The maximum atomic E-state index is 10.8. The lowest BCUT2D eigenvalue weighted by molar-refractivity contribution is -0.388. The van der Waals surface area contributed by atoms with Gasteiger partial charge in [0.25, 0.3) is 0 Å². The highest BCUT2D eigenvalue weighted by Crippen LogP contribution is 2.20. The summed E-state index contributed by atoms with van der Waals surface area (Å²) < 4.78 is 1.90. The quantitative estimate of drug-likeness (QED) is 0.641. The monoisotopic (exact) mass is 247 g/mol. The largest absolute Gasteiger partial charge is 0.386 e. The average molecular weight is 247 g/mol. The molecule has 2 aromatic heterocycles. The van der Waals surface area contributed by atoms with Crippen molar-refractivity contribution in [1.82, 2.24) is 14.5 Å². The molecule has 0 aromatic carbocycles. The van der Waals surface area contributed by atoms with Crippen LogP contribution in [0.2, 0.25) is 0 Å². The maximum Gasteiger partial charge on any atom is 0.386 e. The van der Waals surface area contributed by atoms with E-state index in [0.29, 0.717) is 12.2 Å². The summed E-state index contributed by atoms with van der Waals surface area (Å²) in [6, 6.07) is 3.34. The third-order valence-electron chi connectivity index (χ3n) is 2.41. The van der Waals surface area contributed by atoms with Crippen LogP contribution in [-0.4, -0.2) is 25.5 Å². The van der Waals surface area contributed by atoms with Crippen molar-refractivity contribution in [2.45, 2.75) is 19.5 Å². The molecule has 0 fully saturated rings. The van der Waals surface area contributed by atoms with Crippen LogP contribution in [-0.2, 0) is 6.54 Å². The molecule has 1 N–H and O–H groups in total. The minimum absolute atomic E-state index is 0.0297. The summed E-state index contributed by atoms with van der Waals surface area (Å²) >= 11 is 0. The van der Waals surface area contributed by atoms with E-state index in [0.717, 1.165) is 0 Å². The molecule has 7 heteroatoms. The van der Waals surface area contributed by atoms with Crippen LogP contribution in [0.3, 0.4) is 0 Å². The summed E-state index contributed by atoms with van der Waals surface area (Å²) in [4.78, 5) is 18.0. The SMILES string of the molecule is CC(Cn1ccnc1)Nc1cccnc1[N+](=O)[O-]. The van der Waals surface area contributed by atoms with Crippen molar-refractivity contribution in [3.63, 3.8) is 0 Å². The smallest absolute Gasteiger partial charge is 0.374 e. The van der Waals surface area contributed by atoms with E-state index >= 15 is 0 Å². The molecule has 0 bridgehead atoms. The number of nitrogens with one attached hydrogen (secondary N) is 1. The molecule has 0 spiro atoms. The Kier molecular flexibility index (Phi) is 3.52. The van der Waals surface area contributed by atoms with E-state index in [1.54, 1.807) is 24.7 Å². The van der Waals surface area contributed by atoms with Gasteiger partial charge in [-0.05, 0) is 29.0 Å². The second kappa shape index (κ2) is 5.26. The average Bonchev–Trinajstić information content (AvgIpc) is 2.82. The molecule has 94 valence electrons. The predicted octanol–water partition coefficient (Wildman–Crippen LogP) is 1.69. The first-order valence-electron chi connectivity index (χ1n) is 5.48. The molecule has 0 aliphatic carbocycles. The second-order valence-corrected chi connectivity index (χ2v) is 3.94. The Morgan fingerprint density at radius 1 is 1.56 bits per heavy atom. The van der Waals surface area contributed by atoms with Gasteiger partial charge >= 0.3 is 5.82 Å². The van der Waals surface area contributed by atoms with Crippen molar-refractivity contribution < 1.29 is 4.92 Å². The number of rotatable bonds is 5. The van der Waals surface area contributed by atoms with E-state index in [2.05, 4.69) is 15.3 Å². The molecule has 0 amide bonds. The maximum absolute atomic E-state index is 10.8. The van der Waals surface area contributed by atoms with Crippen LogP contribution < -0.4 is 5.32 Å². The third kappa shape index (κ3) is 2.82. The zero-order valence-electron chi connectivity index (χ0n) is 9.85. The molecular weight excluding hydrogens is 234 g/mol. The fourth-order valence-corrected chi connectivity index (χ4v) is 1.68. The Bertz CT molecular complexity index is 526. The summed E-state index contributed by atoms with van der Waals surface area (Å²) in [7, 11) is 0. The summed E-state index contributed by atoms with van der Waals surface area (Å²) in [5.41, 5.74) is 0.426. The summed E-state index contributed by atoms with van der Waals surface area (Å²) in [5, 5.41) is 13.9. The molecule has 7 nitrogen and oxygen atoms in total. The Morgan fingerprint density at radius 2 is 2.39 bits per heavy atom. The van der Waals surface area contributed by atoms with Gasteiger partial charge in [-0.15, -0.1) is 0 Å². The highest BCUT2D eigenvalue weighted by atomic mass is 16.6. The van der Waals surface area contributed by atoms with Crippen molar-refractivity contribution in [2.75, 3.05) is 5.32 Å². The van der Waals surface area contributed by atoms with Gasteiger partial charge < -0.3 is 20.0 Å². The molecule has 0 saturated heterocycles. The Hall–Kier alpha value is -2.44. The van der Waals surface area contributed by atoms with E-state index in [1.807, 2.05) is 17.7 Å². The lowest BCUT2D eigenvalue weighted by Gasteiger charge is -2.15. The van der Waals surface area contributed by atoms with Crippen LogP contribution in [0.15, 0.2) is 37.1 Å².